The molecule has 0 unspecified atom stereocenters. The Balaban J connectivity index is 1.92. The van der Waals surface area contributed by atoms with E-state index in [1.165, 1.54) is 64.0 Å². The van der Waals surface area contributed by atoms with Crippen LogP contribution in [0.4, 0.5) is 13.2 Å². The van der Waals surface area contributed by atoms with Crippen molar-refractivity contribution in [2.24, 2.45) is 5.92 Å². The number of aryl methyl sites for hydroxylation is 1. The van der Waals surface area contributed by atoms with Gasteiger partial charge in [0.05, 0.1) is 0 Å². The number of unbranched alkanes of at least 4 members (excludes halogenated alkanes) is 3. The van der Waals surface area contributed by atoms with Gasteiger partial charge in [-0.3, -0.25) is 0 Å². The van der Waals surface area contributed by atoms with Crippen LogP contribution in [-0.2, 0) is 0 Å². The van der Waals surface area contributed by atoms with Gasteiger partial charge < -0.3 is 0 Å². The number of halogens is 3. The van der Waals surface area contributed by atoms with Crippen LogP contribution in [0.1, 0.15) is 107 Å². The molecule has 1 amide bonds. The molecule has 2 aromatic rings. The maximum absolute atomic E-state index is 13.5. The zero-order valence-electron chi connectivity index (χ0n) is 21.5. The minimum absolute atomic E-state index is 0.130. The van der Waals surface area contributed by atoms with E-state index in [9.17, 15) is 18.0 Å². The molecule has 1 aliphatic rings. The van der Waals surface area contributed by atoms with Gasteiger partial charge in [0.15, 0.2) is 0 Å². The van der Waals surface area contributed by atoms with Crippen molar-refractivity contribution < 1.29 is 18.0 Å². The van der Waals surface area contributed by atoms with Crippen LogP contribution in [0.25, 0.3) is 5.65 Å². The van der Waals surface area contributed by atoms with Crippen LogP contribution in [-0.4, -0.2) is 53.9 Å². The van der Waals surface area contributed by atoms with E-state index in [0.717, 1.165) is 9.40 Å². The standard InChI is InChI=1S/C13H12F3N4O.C13H27.Sn/c1-7-4-5-17-11-9(6-18-20(7)11)12(21)19-10(8-2-3-8)13(14,15)16;1-4-7-10-13(11-8-5-2)12-9-6-3;/h4,6,8,10H,2-3H2,1H3,(H,19,21);4-12H2,1-3H3;/t10-;;/m1../s1. The van der Waals surface area contributed by atoms with Gasteiger partial charge in [0.25, 0.3) is 0 Å². The van der Waals surface area contributed by atoms with E-state index in [2.05, 4.69) is 37.3 Å². The van der Waals surface area contributed by atoms with Crippen molar-refractivity contribution in [1.82, 2.24) is 19.9 Å². The fraction of sp³-hybridized carbons (Fsp3) is 0.731. The molecule has 0 saturated heterocycles. The Morgan fingerprint density at radius 1 is 1.11 bits per heavy atom. The second-order valence-electron chi connectivity index (χ2n) is 10.1. The molecule has 0 spiro atoms. The van der Waals surface area contributed by atoms with Gasteiger partial charge in [-0.05, 0) is 0 Å². The molecule has 2 aromatic heterocycles. The summed E-state index contributed by atoms with van der Waals surface area (Å²) in [5, 5.41) is 6.53. The van der Waals surface area contributed by atoms with E-state index in [-0.39, 0.29) is 5.56 Å². The van der Waals surface area contributed by atoms with E-state index in [4.69, 9.17) is 4.98 Å². The van der Waals surface area contributed by atoms with Gasteiger partial charge in [-0.25, -0.2) is 0 Å². The number of fused-ring (bicyclic) bond motifs is 1. The SMILES string of the molecule is CCCC[C](CCCC)(CCCC)[Sn][c]1cc(C)n2ncc(C(=O)N[C@H](C3CC3)C(F)(F)F)c2n1. The van der Waals surface area contributed by atoms with Crippen molar-refractivity contribution >= 4 is 36.4 Å². The third-order valence-electron chi connectivity index (χ3n) is 7.05. The summed E-state index contributed by atoms with van der Waals surface area (Å²) in [4.78, 5) is 17.8. The van der Waals surface area contributed by atoms with Crippen molar-refractivity contribution in [3.63, 3.8) is 0 Å². The summed E-state index contributed by atoms with van der Waals surface area (Å²) >= 11 is -1.17. The van der Waals surface area contributed by atoms with Crippen LogP contribution in [0.3, 0.4) is 0 Å². The van der Waals surface area contributed by atoms with E-state index in [1.54, 1.807) is 4.52 Å². The molecule has 0 bridgehead atoms. The van der Waals surface area contributed by atoms with Gasteiger partial charge >= 0.3 is 218 Å². The summed E-state index contributed by atoms with van der Waals surface area (Å²) in [5.41, 5.74) is 1.38. The van der Waals surface area contributed by atoms with Crippen molar-refractivity contribution in [3.05, 3.63) is 23.5 Å². The molecule has 0 aliphatic heterocycles. The number of hydrogen-bond donors (Lipinski definition) is 1. The number of carbonyl (C=O) groups is 1. The Bertz CT molecular complexity index is 965. The monoisotopic (exact) mass is 600 g/mol. The van der Waals surface area contributed by atoms with Gasteiger partial charge in [-0.2, -0.15) is 0 Å². The second kappa shape index (κ2) is 12.3. The average molecular weight is 599 g/mol. The normalized spacial score (nSPS) is 15.5. The number of hydrogen-bond acceptors (Lipinski definition) is 3. The molecule has 3 rings (SSSR count). The second-order valence-corrected chi connectivity index (χ2v) is 15.3. The number of amides is 1. The Kier molecular flexibility index (Phi) is 9.91. The van der Waals surface area contributed by atoms with Crippen LogP contribution in [0.5, 0.6) is 0 Å². The first-order valence-electron chi connectivity index (χ1n) is 13.1. The molecule has 1 fully saturated rings. The molecule has 1 atom stereocenters. The number of nitrogens with zero attached hydrogens (tertiary/aromatic N) is 3. The maximum atomic E-state index is 13.5. The minimum atomic E-state index is -4.46. The van der Waals surface area contributed by atoms with E-state index >= 15 is 0 Å². The van der Waals surface area contributed by atoms with Crippen LogP contribution < -0.4 is 9.03 Å². The van der Waals surface area contributed by atoms with Crippen molar-refractivity contribution in [2.75, 3.05) is 0 Å². The Labute approximate surface area is 217 Å². The van der Waals surface area contributed by atoms with Gasteiger partial charge in [0, 0.05) is 0 Å². The molecule has 9 heteroatoms. The molecule has 1 aliphatic carbocycles. The Morgan fingerprint density at radius 2 is 1.69 bits per heavy atom. The predicted octanol–water partition coefficient (Wildman–Crippen LogP) is 6.17. The number of aromatic nitrogens is 3. The van der Waals surface area contributed by atoms with Crippen molar-refractivity contribution in [1.29, 1.82) is 0 Å². The van der Waals surface area contributed by atoms with Crippen molar-refractivity contribution in [3.8, 4) is 0 Å². The molecule has 35 heavy (non-hydrogen) atoms. The Hall–Kier alpha value is -1.32. The zero-order valence-corrected chi connectivity index (χ0v) is 24.3. The molecule has 194 valence electrons. The topological polar surface area (TPSA) is 59.3 Å². The summed E-state index contributed by atoms with van der Waals surface area (Å²) in [7, 11) is 0. The first kappa shape index (κ1) is 28.3. The number of alkyl halides is 3. The third-order valence-corrected chi connectivity index (χ3v) is 12.2. The number of nitrogens with one attached hydrogen (secondary N) is 1. The van der Waals surface area contributed by atoms with Gasteiger partial charge in [0.2, 0.25) is 0 Å². The van der Waals surface area contributed by atoms with E-state index in [0.29, 0.717) is 21.9 Å². The van der Waals surface area contributed by atoms with Crippen molar-refractivity contribution in [2.45, 2.75) is 114 Å². The fourth-order valence-corrected chi connectivity index (χ4v) is 10.2. The Morgan fingerprint density at radius 3 is 2.17 bits per heavy atom. The average Bonchev–Trinajstić information content (AvgIpc) is 3.55. The number of carbonyl (C=O) groups excluding carboxylic acids is 1. The van der Waals surface area contributed by atoms with E-state index in [1.807, 2.05) is 6.92 Å². The molecule has 1 saturated carbocycles. The molecule has 2 radical (unpaired) electrons. The van der Waals surface area contributed by atoms with Crippen LogP contribution >= 0.6 is 0 Å². The quantitative estimate of drug-likeness (QED) is 0.265. The summed E-state index contributed by atoms with van der Waals surface area (Å²) in [5.74, 6) is -1.27. The summed E-state index contributed by atoms with van der Waals surface area (Å²) < 4.78 is 43.5. The third kappa shape index (κ3) is 7.35. The summed E-state index contributed by atoms with van der Waals surface area (Å²) in [6.07, 6.45) is 8.62. The zero-order chi connectivity index (χ0) is 25.6. The van der Waals surface area contributed by atoms with Crippen LogP contribution in [0.15, 0.2) is 12.3 Å². The van der Waals surface area contributed by atoms with Gasteiger partial charge in [-0.1, -0.05) is 0 Å². The first-order valence-corrected chi connectivity index (χ1v) is 16.0. The predicted molar refractivity (Wildman–Crippen MR) is 134 cm³/mol. The van der Waals surface area contributed by atoms with Gasteiger partial charge in [-0.15, -0.1) is 0 Å². The van der Waals surface area contributed by atoms with E-state index < -0.39 is 45.2 Å². The number of rotatable bonds is 14. The summed E-state index contributed by atoms with van der Waals surface area (Å²) in [6, 6.07) is 0.283. The molecule has 1 N–H and O–H groups in total. The fourth-order valence-electron chi connectivity index (χ4n) is 4.83. The van der Waals surface area contributed by atoms with Crippen LogP contribution in [0.2, 0.25) is 3.43 Å². The first-order chi connectivity index (χ1) is 16.6. The van der Waals surface area contributed by atoms with Crippen LogP contribution in [0, 0.1) is 12.8 Å². The molecular formula is C26H39F3N4OSn. The van der Waals surface area contributed by atoms with Gasteiger partial charge in [0.1, 0.15) is 0 Å². The summed E-state index contributed by atoms with van der Waals surface area (Å²) in [6.45, 7) is 8.63. The molecular weight excluding hydrogens is 560 g/mol. The molecule has 5 nitrogen and oxygen atoms in total. The molecule has 2 heterocycles. The molecule has 0 aromatic carbocycles.